The summed E-state index contributed by atoms with van der Waals surface area (Å²) in [5, 5.41) is 22.1. The molecule has 0 amide bonds. The highest BCUT2D eigenvalue weighted by Crippen LogP contribution is 2.39. The first-order valence-corrected chi connectivity index (χ1v) is 12.6. The van der Waals surface area contributed by atoms with Gasteiger partial charge in [0, 0.05) is 19.1 Å². The van der Waals surface area contributed by atoms with Crippen LogP contribution in [0.3, 0.4) is 0 Å². The average Bonchev–Trinajstić information content (AvgIpc) is 3.01. The van der Waals surface area contributed by atoms with Crippen LogP contribution in [0.2, 0.25) is 0 Å². The van der Waals surface area contributed by atoms with Crippen LogP contribution in [-0.2, 0) is 19.6 Å². The normalized spacial score (nSPS) is 35.3. The highest BCUT2D eigenvalue weighted by molar-refractivity contribution is 7.89. The minimum Gasteiger partial charge on any atom is -0.480 e. The zero-order chi connectivity index (χ0) is 22.1. The van der Waals surface area contributed by atoms with Crippen LogP contribution in [-0.4, -0.2) is 79.0 Å². The number of sulfonamides is 1. The number of fused-ring (bicyclic) bond motifs is 1. The molecule has 0 unspecified atom stereocenters. The molecule has 3 rings (SSSR count). The first-order chi connectivity index (χ1) is 14.0. The van der Waals surface area contributed by atoms with Crippen LogP contribution in [0.1, 0.15) is 46.0 Å². The molecule has 0 aromatic heterocycles. The lowest BCUT2D eigenvalue weighted by molar-refractivity contribution is -0.143. The monoisotopic (exact) mass is 445 g/mol. The number of likely N-dealkylation sites (tertiary alicyclic amines) is 1. The number of aliphatic carboxylic acids is 2. The molecule has 0 spiro atoms. The van der Waals surface area contributed by atoms with Crippen LogP contribution >= 0.6 is 0 Å². The summed E-state index contributed by atoms with van der Waals surface area (Å²) >= 11 is 0. The smallest absolute Gasteiger partial charge is 0.320 e. The summed E-state index contributed by atoms with van der Waals surface area (Å²) in [6.45, 7) is 5.43. The molecule has 10 heteroatoms. The van der Waals surface area contributed by atoms with E-state index in [-0.39, 0.29) is 24.1 Å². The zero-order valence-electron chi connectivity index (χ0n) is 17.8. The number of rotatable bonds is 8. The lowest BCUT2D eigenvalue weighted by Gasteiger charge is -2.42. The van der Waals surface area contributed by atoms with Crippen LogP contribution in [0.4, 0.5) is 0 Å². The van der Waals surface area contributed by atoms with E-state index in [4.69, 9.17) is 0 Å². The Hall–Kier alpha value is -1.23. The van der Waals surface area contributed by atoms with Crippen molar-refractivity contribution in [3.63, 3.8) is 0 Å². The second kappa shape index (κ2) is 9.50. The maximum absolute atomic E-state index is 12.3. The molecule has 30 heavy (non-hydrogen) atoms. The van der Waals surface area contributed by atoms with Crippen molar-refractivity contribution in [1.82, 2.24) is 14.9 Å². The summed E-state index contributed by atoms with van der Waals surface area (Å²) in [5.41, 5.74) is 0. The van der Waals surface area contributed by atoms with E-state index in [9.17, 15) is 28.2 Å². The standard InChI is InChI=1S/C20H35N3O6S/c1-12(2)11-30(28,29)22-16-7-18(20(26)27)23(10-16)9-13-3-4-14-8-21-17(19(24)25)6-15(14)5-13/h12-18,21-22H,3-11H2,1-2H3,(H,24,25)(H,26,27)/t13-,14-,15+,16-,17-,18-/m0/s1. The Bertz CT molecular complexity index is 743. The van der Waals surface area contributed by atoms with Gasteiger partial charge in [0.25, 0.3) is 0 Å². The topological polar surface area (TPSA) is 136 Å². The minimum atomic E-state index is -3.43. The Balaban J connectivity index is 1.59. The SMILES string of the molecule is CC(C)CS(=O)(=O)N[C@H]1C[C@@H](C(=O)O)N(C[C@H]2CC[C@H]3CN[C@H](C(=O)O)C[C@H]3C2)C1. The van der Waals surface area contributed by atoms with Crippen molar-refractivity contribution in [1.29, 1.82) is 0 Å². The van der Waals surface area contributed by atoms with Gasteiger partial charge < -0.3 is 15.5 Å². The highest BCUT2D eigenvalue weighted by atomic mass is 32.2. The molecule has 2 heterocycles. The Kier molecular flexibility index (Phi) is 7.42. The Labute approximate surface area is 178 Å². The molecule has 2 aliphatic heterocycles. The number of carboxylic acids is 2. The molecule has 6 atom stereocenters. The Morgan fingerprint density at radius 3 is 2.47 bits per heavy atom. The minimum absolute atomic E-state index is 0.00470. The molecule has 0 bridgehead atoms. The third-order valence-electron chi connectivity index (χ3n) is 6.79. The number of nitrogens with zero attached hydrogens (tertiary/aromatic N) is 1. The second-order valence-corrected chi connectivity index (χ2v) is 11.6. The fourth-order valence-electron chi connectivity index (χ4n) is 5.54. The third kappa shape index (κ3) is 5.93. The highest BCUT2D eigenvalue weighted by Gasteiger charge is 2.42. The Morgan fingerprint density at radius 2 is 1.83 bits per heavy atom. The number of carbonyl (C=O) groups is 2. The third-order valence-corrected chi connectivity index (χ3v) is 8.59. The van der Waals surface area contributed by atoms with Crippen molar-refractivity contribution in [3.8, 4) is 0 Å². The molecule has 9 nitrogen and oxygen atoms in total. The predicted molar refractivity (Wildman–Crippen MR) is 112 cm³/mol. The first-order valence-electron chi connectivity index (χ1n) is 11.0. The number of nitrogens with one attached hydrogen (secondary N) is 2. The number of carboxylic acid groups (broad SMARTS) is 2. The van der Waals surface area contributed by atoms with Gasteiger partial charge in [-0.15, -0.1) is 0 Å². The van der Waals surface area contributed by atoms with Crippen molar-refractivity contribution in [2.45, 2.75) is 64.1 Å². The summed E-state index contributed by atoms with van der Waals surface area (Å²) in [6, 6.07) is -1.57. The van der Waals surface area contributed by atoms with Crippen molar-refractivity contribution < 1.29 is 28.2 Å². The summed E-state index contributed by atoms with van der Waals surface area (Å²) in [6.07, 6.45) is 3.81. The van der Waals surface area contributed by atoms with E-state index >= 15 is 0 Å². The molecule has 0 aromatic rings. The van der Waals surface area contributed by atoms with E-state index in [0.29, 0.717) is 37.3 Å². The van der Waals surface area contributed by atoms with Crippen LogP contribution in [0, 0.1) is 23.7 Å². The summed E-state index contributed by atoms with van der Waals surface area (Å²) < 4.78 is 27.3. The van der Waals surface area contributed by atoms with Crippen LogP contribution in [0.25, 0.3) is 0 Å². The molecule has 3 aliphatic rings. The molecule has 3 fully saturated rings. The number of piperidine rings is 1. The van der Waals surface area contributed by atoms with Crippen LogP contribution in [0.5, 0.6) is 0 Å². The molecule has 0 radical (unpaired) electrons. The molecular formula is C20H35N3O6S. The maximum Gasteiger partial charge on any atom is 0.320 e. The molecular weight excluding hydrogens is 410 g/mol. The van der Waals surface area contributed by atoms with Crippen molar-refractivity contribution in [2.75, 3.05) is 25.4 Å². The van der Waals surface area contributed by atoms with Gasteiger partial charge in [-0.05, 0) is 62.3 Å². The van der Waals surface area contributed by atoms with Gasteiger partial charge in [-0.1, -0.05) is 13.8 Å². The van der Waals surface area contributed by atoms with Gasteiger partial charge in [-0.2, -0.15) is 0 Å². The maximum atomic E-state index is 12.3. The van der Waals surface area contributed by atoms with E-state index in [1.54, 1.807) is 0 Å². The quantitative estimate of drug-likeness (QED) is 0.426. The summed E-state index contributed by atoms with van der Waals surface area (Å²) in [5.74, 6) is -0.541. The van der Waals surface area contributed by atoms with Gasteiger partial charge in [-0.3, -0.25) is 14.5 Å². The van der Waals surface area contributed by atoms with Gasteiger partial charge >= 0.3 is 11.9 Å². The van der Waals surface area contributed by atoms with Gasteiger partial charge in [0.15, 0.2) is 0 Å². The van der Waals surface area contributed by atoms with Crippen molar-refractivity contribution in [2.24, 2.45) is 23.7 Å². The van der Waals surface area contributed by atoms with Crippen molar-refractivity contribution in [3.05, 3.63) is 0 Å². The fraction of sp³-hybridized carbons (Fsp3) is 0.900. The fourth-order valence-corrected chi connectivity index (χ4v) is 7.19. The zero-order valence-corrected chi connectivity index (χ0v) is 18.6. The van der Waals surface area contributed by atoms with E-state index in [1.165, 1.54) is 0 Å². The van der Waals surface area contributed by atoms with E-state index in [2.05, 4.69) is 10.0 Å². The van der Waals surface area contributed by atoms with E-state index < -0.39 is 34.0 Å². The number of hydrogen-bond donors (Lipinski definition) is 4. The van der Waals surface area contributed by atoms with Crippen LogP contribution < -0.4 is 10.0 Å². The summed E-state index contributed by atoms with van der Waals surface area (Å²) in [7, 11) is -3.43. The predicted octanol–water partition coefficient (Wildman–Crippen LogP) is 0.568. The molecule has 172 valence electrons. The van der Waals surface area contributed by atoms with Gasteiger partial charge in [-0.25, -0.2) is 13.1 Å². The van der Waals surface area contributed by atoms with E-state index in [0.717, 1.165) is 25.8 Å². The number of hydrogen-bond acceptors (Lipinski definition) is 6. The Morgan fingerprint density at radius 1 is 1.10 bits per heavy atom. The second-order valence-electron chi connectivity index (χ2n) is 9.77. The molecule has 4 N–H and O–H groups in total. The lowest BCUT2D eigenvalue weighted by atomic mass is 9.69. The largest absolute Gasteiger partial charge is 0.480 e. The van der Waals surface area contributed by atoms with Crippen molar-refractivity contribution >= 4 is 22.0 Å². The summed E-state index contributed by atoms with van der Waals surface area (Å²) in [4.78, 5) is 25.0. The molecule has 1 saturated carbocycles. The van der Waals surface area contributed by atoms with Gasteiger partial charge in [0.2, 0.25) is 10.0 Å². The molecule has 0 aromatic carbocycles. The molecule has 1 aliphatic carbocycles. The van der Waals surface area contributed by atoms with Crippen LogP contribution in [0.15, 0.2) is 0 Å². The van der Waals surface area contributed by atoms with E-state index in [1.807, 2.05) is 18.7 Å². The lowest BCUT2D eigenvalue weighted by Crippen LogP contribution is -2.50. The van der Waals surface area contributed by atoms with Gasteiger partial charge in [0.05, 0.1) is 5.75 Å². The van der Waals surface area contributed by atoms with Gasteiger partial charge in [0.1, 0.15) is 12.1 Å². The average molecular weight is 446 g/mol. The molecule has 2 saturated heterocycles. The first kappa shape index (κ1) is 23.4.